The van der Waals surface area contributed by atoms with Crippen LogP contribution in [0.25, 0.3) is 0 Å². The maximum absolute atomic E-state index is 14.5. The summed E-state index contributed by atoms with van der Waals surface area (Å²) in [5, 5.41) is 13.2. The molecule has 0 spiro atoms. The van der Waals surface area contributed by atoms with Crippen molar-refractivity contribution in [2.45, 2.75) is 129 Å². The summed E-state index contributed by atoms with van der Waals surface area (Å²) in [5.74, 6) is -4.52. The number of amides is 5. The first-order valence-electron chi connectivity index (χ1n) is 21.6. The van der Waals surface area contributed by atoms with Gasteiger partial charge in [0.05, 0.1) is 25.5 Å². The third-order valence-electron chi connectivity index (χ3n) is 9.81. The number of methoxy groups -OCH3 is 1. The molecule has 0 aliphatic heterocycles. The molecular formula is C47H63N9O10. The lowest BCUT2D eigenvalue weighted by Gasteiger charge is -2.27. The normalized spacial score (nSPS) is 13.7. The van der Waals surface area contributed by atoms with Crippen molar-refractivity contribution >= 4 is 41.7 Å². The van der Waals surface area contributed by atoms with Crippen LogP contribution in [0.4, 0.5) is 4.79 Å². The van der Waals surface area contributed by atoms with Gasteiger partial charge in [-0.25, -0.2) is 19.6 Å². The number of ether oxygens (including phenoxy) is 3. The van der Waals surface area contributed by atoms with Gasteiger partial charge in [0, 0.05) is 57.4 Å². The maximum atomic E-state index is 14.5. The van der Waals surface area contributed by atoms with Gasteiger partial charge in [-0.05, 0) is 66.0 Å². The Morgan fingerprint density at radius 3 is 1.79 bits per heavy atom. The van der Waals surface area contributed by atoms with Crippen LogP contribution in [0.5, 0.6) is 0 Å². The highest BCUT2D eigenvalue weighted by Crippen LogP contribution is 2.14. The maximum Gasteiger partial charge on any atom is 0.408 e. The van der Waals surface area contributed by atoms with Gasteiger partial charge in [-0.1, -0.05) is 60.7 Å². The second kappa shape index (κ2) is 23.8. The molecule has 2 aromatic heterocycles. The first-order valence-corrected chi connectivity index (χ1v) is 21.6. The van der Waals surface area contributed by atoms with E-state index in [-0.39, 0.29) is 32.1 Å². The van der Waals surface area contributed by atoms with Gasteiger partial charge in [0.2, 0.25) is 23.6 Å². The molecule has 5 N–H and O–H groups in total. The summed E-state index contributed by atoms with van der Waals surface area (Å²) in [5.41, 5.74) is 1.00. The second-order valence-electron chi connectivity index (χ2n) is 17.9. The molecule has 4 rings (SSSR count). The Bertz CT molecular complexity index is 2260. The van der Waals surface area contributed by atoms with Crippen LogP contribution >= 0.6 is 0 Å². The lowest BCUT2D eigenvalue weighted by molar-refractivity contribution is -0.155. The van der Waals surface area contributed by atoms with Gasteiger partial charge in [-0.15, -0.1) is 0 Å². The monoisotopic (exact) mass is 913 g/mol. The fourth-order valence-electron chi connectivity index (χ4n) is 6.59. The van der Waals surface area contributed by atoms with Crippen LogP contribution in [-0.4, -0.2) is 109 Å². The Morgan fingerprint density at radius 2 is 1.21 bits per heavy atom. The fraction of sp³-hybridized carbons (Fsp3) is 0.468. The van der Waals surface area contributed by atoms with E-state index in [1.54, 1.807) is 89.9 Å². The third-order valence-corrected chi connectivity index (χ3v) is 9.81. The molecule has 2 heterocycles. The third kappa shape index (κ3) is 17.5. The minimum Gasteiger partial charge on any atom is -0.467 e. The van der Waals surface area contributed by atoms with Crippen molar-refractivity contribution in [2.24, 2.45) is 7.05 Å². The van der Waals surface area contributed by atoms with Crippen LogP contribution in [0, 0.1) is 0 Å². The number of esters is 2. The summed E-state index contributed by atoms with van der Waals surface area (Å²) < 4.78 is 19.3. The predicted octanol–water partition coefficient (Wildman–Crippen LogP) is 2.84. The largest absolute Gasteiger partial charge is 0.467 e. The molecule has 0 saturated carbocycles. The number of alkyl carbamates (subject to hydrolysis) is 1. The Labute approximate surface area is 385 Å². The van der Waals surface area contributed by atoms with Crippen molar-refractivity contribution in [1.82, 2.24) is 45.7 Å². The summed E-state index contributed by atoms with van der Waals surface area (Å²) in [7, 11) is 2.92. The average Bonchev–Trinajstić information content (AvgIpc) is 3.87. The number of carbonyl (C=O) groups excluding carboxylic acids is 7. The van der Waals surface area contributed by atoms with Gasteiger partial charge < -0.3 is 49.9 Å². The molecule has 0 aliphatic rings. The van der Waals surface area contributed by atoms with Crippen molar-refractivity contribution in [3.05, 3.63) is 108 Å². The van der Waals surface area contributed by atoms with Crippen molar-refractivity contribution in [2.75, 3.05) is 7.11 Å². The molecule has 4 aromatic rings. The van der Waals surface area contributed by atoms with Crippen LogP contribution in [0.15, 0.2) is 85.7 Å². The molecule has 356 valence electrons. The minimum atomic E-state index is -1.44. The molecule has 5 amide bonds. The number of aromatic nitrogens is 4. The average molecular weight is 914 g/mol. The quantitative estimate of drug-likeness (QED) is 0.0599. The van der Waals surface area contributed by atoms with E-state index >= 15 is 0 Å². The standard InChI is InChI=1S/C47H63N9O10/c1-30(40(58)53-38(44(62)64-9)22-31-16-12-10-13-17-31)50-41(59)35(20-21-39(57)65-46(2,3)4)51-42(60)36(23-33-27-56(29-49-33)26-32-18-14-11-15-19-32)52-43(61)37(24-34-25-48-28-55(34)8)54-45(63)66-47(5,6)7/h10-19,25,27-30,35-38H,20-24,26H2,1-9H3,(H,50,59)(H,51,60)(H,52,61)(H,53,58)(H,54,63)/t30-,35-,36+,37+,38+/m1/s1. The number of imidazole rings is 2. The highest BCUT2D eigenvalue weighted by atomic mass is 16.6. The molecule has 0 fully saturated rings. The van der Waals surface area contributed by atoms with E-state index in [0.717, 1.165) is 11.1 Å². The predicted molar refractivity (Wildman–Crippen MR) is 242 cm³/mol. The summed E-state index contributed by atoms with van der Waals surface area (Å²) in [6.07, 6.45) is 4.83. The summed E-state index contributed by atoms with van der Waals surface area (Å²) in [6, 6.07) is 12.1. The van der Waals surface area contributed by atoms with E-state index in [2.05, 4.69) is 36.6 Å². The highest BCUT2D eigenvalue weighted by molar-refractivity contribution is 5.96. The van der Waals surface area contributed by atoms with E-state index in [1.807, 2.05) is 41.0 Å². The molecular weight excluding hydrogens is 851 g/mol. The van der Waals surface area contributed by atoms with Gasteiger partial charge >= 0.3 is 18.0 Å². The van der Waals surface area contributed by atoms with E-state index in [1.165, 1.54) is 26.6 Å². The fourth-order valence-corrected chi connectivity index (χ4v) is 6.59. The molecule has 0 radical (unpaired) electrons. The van der Waals surface area contributed by atoms with E-state index < -0.39 is 83.1 Å². The van der Waals surface area contributed by atoms with E-state index in [4.69, 9.17) is 14.2 Å². The zero-order valence-corrected chi connectivity index (χ0v) is 39.1. The number of nitrogens with zero attached hydrogens (tertiary/aromatic N) is 4. The van der Waals surface area contributed by atoms with Gasteiger partial charge in [0.25, 0.3) is 0 Å². The van der Waals surface area contributed by atoms with Crippen LogP contribution in [0.1, 0.15) is 83.8 Å². The molecule has 0 aliphatic carbocycles. The number of carbonyl (C=O) groups is 7. The Kier molecular flexibility index (Phi) is 18.6. The molecule has 19 heteroatoms. The van der Waals surface area contributed by atoms with Crippen molar-refractivity contribution in [3.63, 3.8) is 0 Å². The minimum absolute atomic E-state index is 0.0370. The number of hydrogen-bond donors (Lipinski definition) is 5. The smallest absolute Gasteiger partial charge is 0.408 e. The number of nitrogens with one attached hydrogen (secondary N) is 5. The molecule has 19 nitrogen and oxygen atoms in total. The second-order valence-corrected chi connectivity index (χ2v) is 17.9. The van der Waals surface area contributed by atoms with Crippen LogP contribution in [0.2, 0.25) is 0 Å². The topological polar surface area (TPSA) is 243 Å². The Balaban J connectivity index is 1.62. The number of benzene rings is 2. The first-order chi connectivity index (χ1) is 31.1. The molecule has 0 saturated heterocycles. The lowest BCUT2D eigenvalue weighted by atomic mass is 10.0. The molecule has 66 heavy (non-hydrogen) atoms. The van der Waals surface area contributed by atoms with Gasteiger partial charge in [0.1, 0.15) is 41.4 Å². The Morgan fingerprint density at radius 1 is 0.652 bits per heavy atom. The van der Waals surface area contributed by atoms with E-state index in [9.17, 15) is 33.6 Å². The Hall–Kier alpha value is -7.05. The van der Waals surface area contributed by atoms with Crippen molar-refractivity contribution < 1.29 is 47.8 Å². The van der Waals surface area contributed by atoms with E-state index in [0.29, 0.717) is 17.9 Å². The number of rotatable bonds is 21. The van der Waals surface area contributed by atoms with Gasteiger partial charge in [-0.2, -0.15) is 0 Å². The zero-order valence-electron chi connectivity index (χ0n) is 39.1. The molecule has 2 aromatic carbocycles. The first kappa shape index (κ1) is 51.6. The van der Waals surface area contributed by atoms with Crippen LogP contribution in [0.3, 0.4) is 0 Å². The number of hydrogen-bond acceptors (Lipinski definition) is 12. The zero-order chi connectivity index (χ0) is 48.6. The SMILES string of the molecule is COC(=O)[C@H](Cc1ccccc1)NC(=O)[C@@H](C)NC(=O)[C@@H](CCC(=O)OC(C)(C)C)NC(=O)[C@H](Cc1cn(Cc2ccccc2)cn1)NC(=O)[C@H](Cc1cncn1C)NC(=O)OC(C)(C)C. The summed E-state index contributed by atoms with van der Waals surface area (Å²) >= 11 is 0. The van der Waals surface area contributed by atoms with Crippen molar-refractivity contribution in [3.8, 4) is 0 Å². The van der Waals surface area contributed by atoms with Crippen LogP contribution in [-0.2, 0) is 75.8 Å². The highest BCUT2D eigenvalue weighted by Gasteiger charge is 2.34. The molecule has 5 atom stereocenters. The summed E-state index contributed by atoms with van der Waals surface area (Å²) in [6.45, 7) is 11.9. The van der Waals surface area contributed by atoms with Gasteiger partial charge in [-0.3, -0.25) is 24.0 Å². The lowest BCUT2D eigenvalue weighted by Crippen LogP contribution is -2.59. The van der Waals surface area contributed by atoms with Crippen LogP contribution < -0.4 is 26.6 Å². The van der Waals surface area contributed by atoms with Crippen molar-refractivity contribution in [1.29, 1.82) is 0 Å². The number of aryl methyl sites for hydroxylation is 1. The summed E-state index contributed by atoms with van der Waals surface area (Å²) in [4.78, 5) is 104. The molecule has 0 unspecified atom stereocenters. The van der Waals surface area contributed by atoms with Gasteiger partial charge in [0.15, 0.2) is 0 Å². The molecule has 0 bridgehead atoms.